The predicted molar refractivity (Wildman–Crippen MR) is 50.7 cm³/mol. The number of nitrogens with two attached hydrogens (primary N) is 1. The zero-order chi connectivity index (χ0) is 10.6. The number of aliphatic imine (C=N–C) groups is 1. The molecule has 3 nitrogen and oxygen atoms in total. The summed E-state index contributed by atoms with van der Waals surface area (Å²) in [5, 5.41) is 0. The highest BCUT2D eigenvalue weighted by molar-refractivity contribution is 5.83. The molecule has 14 heavy (non-hydrogen) atoms. The van der Waals surface area contributed by atoms with Crippen LogP contribution in [0.4, 0.5) is 8.78 Å². The van der Waals surface area contributed by atoms with Gasteiger partial charge in [-0.1, -0.05) is 6.07 Å². The van der Waals surface area contributed by atoms with Crippen LogP contribution in [0.3, 0.4) is 0 Å². The number of hydrazine groups is 1. The molecule has 0 aromatic heterocycles. The van der Waals surface area contributed by atoms with Crippen molar-refractivity contribution in [2.45, 2.75) is 6.42 Å². The van der Waals surface area contributed by atoms with Crippen molar-refractivity contribution in [2.75, 3.05) is 7.05 Å². The van der Waals surface area contributed by atoms with E-state index in [1.54, 1.807) is 7.05 Å². The van der Waals surface area contributed by atoms with E-state index in [1.165, 1.54) is 6.07 Å². The molecule has 0 aliphatic rings. The van der Waals surface area contributed by atoms with Crippen LogP contribution in [-0.4, -0.2) is 12.9 Å². The zero-order valence-electron chi connectivity index (χ0n) is 7.72. The summed E-state index contributed by atoms with van der Waals surface area (Å²) in [5.74, 6) is 3.94. The Morgan fingerprint density at radius 3 is 2.64 bits per heavy atom. The Morgan fingerprint density at radius 2 is 2.14 bits per heavy atom. The number of rotatable bonds is 2. The number of amidine groups is 1. The van der Waals surface area contributed by atoms with Crippen LogP contribution in [0.5, 0.6) is 0 Å². The van der Waals surface area contributed by atoms with Crippen LogP contribution in [-0.2, 0) is 6.42 Å². The molecule has 0 spiro atoms. The topological polar surface area (TPSA) is 50.4 Å². The van der Waals surface area contributed by atoms with Gasteiger partial charge in [-0.2, -0.15) is 0 Å². The fourth-order valence-electron chi connectivity index (χ4n) is 1.04. The monoisotopic (exact) mass is 199 g/mol. The minimum atomic E-state index is -0.866. The minimum absolute atomic E-state index is 0.351. The average molecular weight is 199 g/mol. The van der Waals surface area contributed by atoms with E-state index in [-0.39, 0.29) is 0 Å². The van der Waals surface area contributed by atoms with Crippen molar-refractivity contribution in [3.8, 4) is 0 Å². The lowest BCUT2D eigenvalue weighted by Crippen LogP contribution is -2.31. The van der Waals surface area contributed by atoms with Crippen molar-refractivity contribution in [1.82, 2.24) is 5.43 Å². The van der Waals surface area contributed by atoms with Crippen LogP contribution in [0.1, 0.15) is 5.56 Å². The first-order valence-electron chi connectivity index (χ1n) is 4.03. The third-order valence-electron chi connectivity index (χ3n) is 1.79. The lowest BCUT2D eigenvalue weighted by molar-refractivity contribution is 0.507. The number of halogens is 2. The molecule has 1 aromatic rings. The van der Waals surface area contributed by atoms with Crippen LogP contribution in [0.2, 0.25) is 0 Å². The molecule has 0 saturated carbocycles. The molecule has 0 fully saturated rings. The first-order chi connectivity index (χ1) is 6.67. The largest absolute Gasteiger partial charge is 0.312 e. The highest BCUT2D eigenvalue weighted by atomic mass is 19.2. The van der Waals surface area contributed by atoms with Crippen molar-refractivity contribution in [1.29, 1.82) is 0 Å². The third-order valence-corrected chi connectivity index (χ3v) is 1.79. The molecule has 0 heterocycles. The molecule has 0 aliphatic carbocycles. The van der Waals surface area contributed by atoms with Crippen LogP contribution < -0.4 is 11.3 Å². The van der Waals surface area contributed by atoms with E-state index in [0.717, 1.165) is 12.1 Å². The van der Waals surface area contributed by atoms with Crippen molar-refractivity contribution in [3.63, 3.8) is 0 Å². The van der Waals surface area contributed by atoms with Gasteiger partial charge >= 0.3 is 0 Å². The van der Waals surface area contributed by atoms with E-state index >= 15 is 0 Å². The molecular weight excluding hydrogens is 188 g/mol. The van der Waals surface area contributed by atoms with Gasteiger partial charge in [-0.05, 0) is 17.7 Å². The Labute approximate surface area is 80.6 Å². The smallest absolute Gasteiger partial charge is 0.159 e. The fourth-order valence-corrected chi connectivity index (χ4v) is 1.04. The summed E-state index contributed by atoms with van der Waals surface area (Å²) in [6.07, 6.45) is 0.351. The van der Waals surface area contributed by atoms with E-state index in [1.807, 2.05) is 0 Å². The SMILES string of the molecule is CN=C(Cc1ccc(F)c(F)c1)NN. The molecule has 3 N–H and O–H groups in total. The Bertz CT molecular complexity index is 350. The number of nitrogens with zero attached hydrogens (tertiary/aromatic N) is 1. The fraction of sp³-hybridized carbons (Fsp3) is 0.222. The van der Waals surface area contributed by atoms with Gasteiger partial charge in [0.1, 0.15) is 5.84 Å². The van der Waals surface area contributed by atoms with Crippen molar-refractivity contribution in [3.05, 3.63) is 35.4 Å². The number of hydrogen-bond donors (Lipinski definition) is 2. The molecule has 5 heteroatoms. The molecule has 0 saturated heterocycles. The van der Waals surface area contributed by atoms with Gasteiger partial charge in [-0.25, -0.2) is 14.6 Å². The van der Waals surface area contributed by atoms with E-state index in [4.69, 9.17) is 5.84 Å². The Morgan fingerprint density at radius 1 is 1.43 bits per heavy atom. The minimum Gasteiger partial charge on any atom is -0.312 e. The lowest BCUT2D eigenvalue weighted by atomic mass is 10.1. The van der Waals surface area contributed by atoms with Gasteiger partial charge in [-0.3, -0.25) is 4.99 Å². The second-order valence-corrected chi connectivity index (χ2v) is 2.74. The van der Waals surface area contributed by atoms with E-state index in [0.29, 0.717) is 17.8 Å². The maximum atomic E-state index is 12.8. The standard InChI is InChI=1S/C9H11F2N3/c1-13-9(14-12)5-6-2-3-7(10)8(11)4-6/h2-4H,5,12H2,1H3,(H,13,14). The van der Waals surface area contributed by atoms with Crippen LogP contribution in [0.15, 0.2) is 23.2 Å². The Hall–Kier alpha value is -1.49. The van der Waals surface area contributed by atoms with Gasteiger partial charge in [0.05, 0.1) is 0 Å². The van der Waals surface area contributed by atoms with Gasteiger partial charge < -0.3 is 5.43 Å². The quantitative estimate of drug-likeness (QED) is 0.323. The zero-order valence-corrected chi connectivity index (χ0v) is 7.72. The normalized spacial score (nSPS) is 11.6. The predicted octanol–water partition coefficient (Wildman–Crippen LogP) is 0.999. The molecule has 0 bridgehead atoms. The first-order valence-corrected chi connectivity index (χ1v) is 4.03. The number of nitrogens with one attached hydrogen (secondary N) is 1. The highest BCUT2D eigenvalue weighted by Crippen LogP contribution is 2.09. The van der Waals surface area contributed by atoms with Crippen molar-refractivity contribution in [2.24, 2.45) is 10.8 Å². The molecule has 0 unspecified atom stereocenters. The second-order valence-electron chi connectivity index (χ2n) is 2.74. The van der Waals surface area contributed by atoms with E-state index < -0.39 is 11.6 Å². The lowest BCUT2D eigenvalue weighted by Gasteiger charge is -2.04. The van der Waals surface area contributed by atoms with E-state index in [9.17, 15) is 8.78 Å². The van der Waals surface area contributed by atoms with Gasteiger partial charge in [0, 0.05) is 13.5 Å². The molecule has 0 aliphatic heterocycles. The van der Waals surface area contributed by atoms with Crippen LogP contribution in [0.25, 0.3) is 0 Å². The average Bonchev–Trinajstić information content (AvgIpc) is 2.19. The van der Waals surface area contributed by atoms with Gasteiger partial charge in [0.2, 0.25) is 0 Å². The van der Waals surface area contributed by atoms with Crippen molar-refractivity contribution >= 4 is 5.84 Å². The van der Waals surface area contributed by atoms with Gasteiger partial charge in [0.25, 0.3) is 0 Å². The summed E-state index contributed by atoms with van der Waals surface area (Å²) in [4.78, 5) is 3.82. The summed E-state index contributed by atoms with van der Waals surface area (Å²) < 4.78 is 25.3. The van der Waals surface area contributed by atoms with Crippen LogP contribution in [0, 0.1) is 11.6 Å². The third kappa shape index (κ3) is 2.50. The summed E-state index contributed by atoms with van der Waals surface area (Å²) in [6.45, 7) is 0. The summed E-state index contributed by atoms with van der Waals surface area (Å²) in [7, 11) is 1.56. The maximum absolute atomic E-state index is 12.8. The Balaban J connectivity index is 2.82. The molecule has 0 atom stereocenters. The summed E-state index contributed by atoms with van der Waals surface area (Å²) in [5.41, 5.74) is 2.98. The molecule has 0 amide bonds. The van der Waals surface area contributed by atoms with Crippen molar-refractivity contribution < 1.29 is 8.78 Å². The molecule has 0 radical (unpaired) electrons. The molecule has 1 aromatic carbocycles. The molecule has 1 rings (SSSR count). The van der Waals surface area contributed by atoms with Gasteiger partial charge in [0.15, 0.2) is 11.6 Å². The maximum Gasteiger partial charge on any atom is 0.159 e. The first kappa shape index (κ1) is 10.6. The van der Waals surface area contributed by atoms with Crippen LogP contribution >= 0.6 is 0 Å². The summed E-state index contributed by atoms with van der Waals surface area (Å²) in [6, 6.07) is 3.69. The number of benzene rings is 1. The summed E-state index contributed by atoms with van der Waals surface area (Å²) >= 11 is 0. The van der Waals surface area contributed by atoms with E-state index in [2.05, 4.69) is 10.4 Å². The Kier molecular flexibility index (Phi) is 3.53. The number of hydrogen-bond acceptors (Lipinski definition) is 2. The second kappa shape index (κ2) is 4.66. The molecular formula is C9H11F2N3. The molecule has 76 valence electrons. The highest BCUT2D eigenvalue weighted by Gasteiger charge is 2.04. The van der Waals surface area contributed by atoms with Gasteiger partial charge in [-0.15, -0.1) is 0 Å².